The number of hydrogen-bond acceptors (Lipinski definition) is 0. The molecule has 12 aromatic rings. The normalized spacial score (nSPS) is 14.5. The van der Waals surface area contributed by atoms with Crippen LogP contribution in [0.4, 0.5) is 0 Å². The van der Waals surface area contributed by atoms with E-state index in [4.69, 9.17) is 0 Å². The van der Waals surface area contributed by atoms with Crippen molar-refractivity contribution in [3.05, 3.63) is 252 Å². The van der Waals surface area contributed by atoms with Crippen molar-refractivity contribution in [1.29, 1.82) is 0 Å². The smallest absolute Gasteiger partial charge is 0.0619 e. The van der Waals surface area contributed by atoms with Crippen LogP contribution in [0, 0.1) is 0 Å². The maximum atomic E-state index is 2.63. The molecule has 1 spiro atoms. The minimum absolute atomic E-state index is 0.143. The SMILES string of the molecule is CC1(C)c2ccccc2-c2c1cc(-c1c3ccccc3c(-c3cc4c(c5ccccc35)-c3c(ccc5ccccc35)C43c4ccccc4-c4ccccc43)c3ccccc13)c1ccccc21. The lowest BCUT2D eigenvalue weighted by molar-refractivity contribution is 0.661. The summed E-state index contributed by atoms with van der Waals surface area (Å²) < 4.78 is 0. The first-order valence-electron chi connectivity index (χ1n) is 23.4. The maximum absolute atomic E-state index is 2.63. The second-order valence-electron chi connectivity index (χ2n) is 19.3. The van der Waals surface area contributed by atoms with Crippen LogP contribution < -0.4 is 0 Å². The second-order valence-corrected chi connectivity index (χ2v) is 19.3. The van der Waals surface area contributed by atoms with Crippen LogP contribution in [-0.2, 0) is 10.8 Å². The Balaban J connectivity index is 1.10. The molecule has 0 amide bonds. The van der Waals surface area contributed by atoms with E-state index < -0.39 is 5.41 Å². The monoisotopic (exact) mass is 834 g/mol. The molecule has 0 bridgehead atoms. The standard InChI is InChI=1S/C66H42/c1-65(2)54-32-16-15-31-51(54)62-45-25-7-5-21-41(45)52(37-58(62)65)60-47-27-9-11-29-49(47)61(50-30-12-10-28-48(50)60)53-38-59-64(46-26-8-6-22-42(46)53)63-40-20-4-3-19-39(40)35-36-57(63)66(59)55-33-17-13-23-43(55)44-24-14-18-34-56(44)66/h3-38H,1-2H3. The summed E-state index contributed by atoms with van der Waals surface area (Å²) in [6.45, 7) is 4.81. The predicted molar refractivity (Wildman–Crippen MR) is 279 cm³/mol. The molecule has 0 radical (unpaired) electrons. The lowest BCUT2D eigenvalue weighted by Crippen LogP contribution is -2.26. The summed E-state index contributed by atoms with van der Waals surface area (Å²) in [5.74, 6) is 0. The van der Waals surface area contributed by atoms with E-state index in [1.165, 1.54) is 143 Å². The third kappa shape index (κ3) is 4.35. The van der Waals surface area contributed by atoms with Crippen molar-refractivity contribution < 1.29 is 0 Å². The van der Waals surface area contributed by atoms with Gasteiger partial charge in [0.2, 0.25) is 0 Å². The zero-order chi connectivity index (χ0) is 43.5. The first-order valence-corrected chi connectivity index (χ1v) is 23.4. The number of rotatable bonds is 2. The molecule has 0 aliphatic heterocycles. The number of benzene rings is 12. The van der Waals surface area contributed by atoms with Crippen LogP contribution >= 0.6 is 0 Å². The minimum Gasteiger partial charge on any atom is -0.0619 e. The van der Waals surface area contributed by atoms with Gasteiger partial charge in [0.05, 0.1) is 5.41 Å². The van der Waals surface area contributed by atoms with Gasteiger partial charge in [0.15, 0.2) is 0 Å². The van der Waals surface area contributed by atoms with Crippen molar-refractivity contribution in [3.8, 4) is 55.6 Å². The van der Waals surface area contributed by atoms with Crippen LogP contribution in [0.25, 0.3) is 109 Å². The molecule has 0 heterocycles. The fourth-order valence-electron chi connectivity index (χ4n) is 13.4. The van der Waals surface area contributed by atoms with E-state index in [-0.39, 0.29) is 5.41 Å². The van der Waals surface area contributed by atoms with Gasteiger partial charge in [0.1, 0.15) is 0 Å². The van der Waals surface area contributed by atoms with Crippen LogP contribution in [-0.4, -0.2) is 0 Å². The van der Waals surface area contributed by atoms with Gasteiger partial charge in [-0.05, 0) is 155 Å². The molecular weight excluding hydrogens is 793 g/mol. The molecule has 0 heteroatoms. The van der Waals surface area contributed by atoms with Crippen LogP contribution in [0.2, 0.25) is 0 Å². The van der Waals surface area contributed by atoms with Gasteiger partial charge in [-0.3, -0.25) is 0 Å². The summed E-state index contributed by atoms with van der Waals surface area (Å²) in [4.78, 5) is 0. The van der Waals surface area contributed by atoms with E-state index in [1.54, 1.807) is 0 Å². The lowest BCUT2D eigenvalue weighted by Gasteiger charge is -2.31. The van der Waals surface area contributed by atoms with Gasteiger partial charge in [-0.2, -0.15) is 0 Å². The fraction of sp³-hybridized carbons (Fsp3) is 0.0606. The van der Waals surface area contributed by atoms with Crippen molar-refractivity contribution in [1.82, 2.24) is 0 Å². The van der Waals surface area contributed by atoms with Gasteiger partial charge >= 0.3 is 0 Å². The van der Waals surface area contributed by atoms with E-state index in [1.807, 2.05) is 0 Å². The van der Waals surface area contributed by atoms with E-state index in [0.717, 1.165) is 0 Å². The molecule has 0 saturated carbocycles. The van der Waals surface area contributed by atoms with Crippen LogP contribution in [0.1, 0.15) is 47.2 Å². The molecule has 66 heavy (non-hydrogen) atoms. The molecule has 0 fully saturated rings. The van der Waals surface area contributed by atoms with E-state index in [9.17, 15) is 0 Å². The second kappa shape index (κ2) is 12.8. The molecule has 0 unspecified atom stereocenters. The fourth-order valence-corrected chi connectivity index (χ4v) is 13.4. The highest BCUT2D eigenvalue weighted by atomic mass is 14.5. The maximum Gasteiger partial charge on any atom is 0.0726 e. The van der Waals surface area contributed by atoms with Crippen molar-refractivity contribution >= 4 is 53.9 Å². The van der Waals surface area contributed by atoms with Gasteiger partial charge in [0.25, 0.3) is 0 Å². The Morgan fingerprint density at radius 2 is 0.606 bits per heavy atom. The third-order valence-electron chi connectivity index (χ3n) is 16.0. The molecule has 15 rings (SSSR count). The van der Waals surface area contributed by atoms with E-state index in [2.05, 4.69) is 232 Å². The largest absolute Gasteiger partial charge is 0.0726 e. The molecule has 12 aromatic carbocycles. The van der Waals surface area contributed by atoms with E-state index in [0.29, 0.717) is 0 Å². The number of fused-ring (bicyclic) bond motifs is 21. The Morgan fingerprint density at radius 1 is 0.227 bits per heavy atom. The summed E-state index contributed by atoms with van der Waals surface area (Å²) in [6.07, 6.45) is 0. The van der Waals surface area contributed by atoms with E-state index >= 15 is 0 Å². The zero-order valence-corrected chi connectivity index (χ0v) is 36.8. The van der Waals surface area contributed by atoms with Crippen LogP contribution in [0.5, 0.6) is 0 Å². The van der Waals surface area contributed by atoms with Crippen LogP contribution in [0.15, 0.2) is 218 Å². The first-order chi connectivity index (χ1) is 32.5. The van der Waals surface area contributed by atoms with Crippen molar-refractivity contribution in [2.45, 2.75) is 24.7 Å². The van der Waals surface area contributed by atoms with Crippen molar-refractivity contribution in [3.63, 3.8) is 0 Å². The van der Waals surface area contributed by atoms with Gasteiger partial charge in [-0.1, -0.05) is 220 Å². The Bertz CT molecular complexity index is 4040. The average molecular weight is 835 g/mol. The molecule has 0 nitrogen and oxygen atoms in total. The molecule has 0 N–H and O–H groups in total. The Kier molecular flexibility index (Phi) is 7.04. The van der Waals surface area contributed by atoms with Gasteiger partial charge in [-0.15, -0.1) is 0 Å². The highest BCUT2D eigenvalue weighted by Crippen LogP contribution is 2.66. The zero-order valence-electron chi connectivity index (χ0n) is 36.8. The van der Waals surface area contributed by atoms with Gasteiger partial charge in [0, 0.05) is 5.41 Å². The summed E-state index contributed by atoms with van der Waals surface area (Å²) in [6, 6.07) is 83.3. The molecule has 0 aromatic heterocycles. The topological polar surface area (TPSA) is 0 Å². The first kappa shape index (κ1) is 36.3. The Hall–Kier alpha value is -8.06. The summed E-state index contributed by atoms with van der Waals surface area (Å²) >= 11 is 0. The highest BCUT2D eigenvalue weighted by Gasteiger charge is 2.53. The molecular formula is C66H42. The molecule has 0 saturated heterocycles. The average Bonchev–Trinajstić information content (AvgIpc) is 3.94. The molecule has 306 valence electrons. The third-order valence-corrected chi connectivity index (χ3v) is 16.0. The Morgan fingerprint density at radius 3 is 1.15 bits per heavy atom. The van der Waals surface area contributed by atoms with Gasteiger partial charge in [-0.25, -0.2) is 0 Å². The van der Waals surface area contributed by atoms with Gasteiger partial charge < -0.3 is 0 Å². The molecule has 3 aliphatic carbocycles. The summed E-state index contributed by atoms with van der Waals surface area (Å²) in [5.41, 5.74) is 20.9. The minimum atomic E-state index is -0.500. The van der Waals surface area contributed by atoms with Crippen molar-refractivity contribution in [2.24, 2.45) is 0 Å². The summed E-state index contributed by atoms with van der Waals surface area (Å²) in [5, 5.41) is 12.8. The van der Waals surface area contributed by atoms with Crippen LogP contribution in [0.3, 0.4) is 0 Å². The highest BCUT2D eigenvalue weighted by molar-refractivity contribution is 6.27. The Labute approximate surface area is 384 Å². The van der Waals surface area contributed by atoms with Crippen molar-refractivity contribution in [2.75, 3.05) is 0 Å². The summed E-state index contributed by atoms with van der Waals surface area (Å²) in [7, 11) is 0. The quantitative estimate of drug-likeness (QED) is 0.152. The molecule has 3 aliphatic rings. The molecule has 0 atom stereocenters. The predicted octanol–water partition coefficient (Wildman–Crippen LogP) is 17.4. The number of hydrogen-bond donors (Lipinski definition) is 0. The lowest BCUT2D eigenvalue weighted by atomic mass is 9.69.